The molecule has 0 fully saturated rings. The van der Waals surface area contributed by atoms with Crippen LogP contribution in [0.15, 0.2) is 0 Å². The number of esters is 1. The lowest BCUT2D eigenvalue weighted by molar-refractivity contribution is -0.271. The van der Waals surface area contributed by atoms with E-state index in [0.29, 0.717) is 25.0 Å². The quantitative estimate of drug-likeness (QED) is 0.362. The van der Waals surface area contributed by atoms with Crippen molar-refractivity contribution in [2.24, 2.45) is 0 Å². The van der Waals surface area contributed by atoms with Crippen molar-refractivity contribution in [3.63, 3.8) is 0 Å². The number of hydrogen-bond acceptors (Lipinski definition) is 5. The van der Waals surface area contributed by atoms with Crippen molar-refractivity contribution in [2.75, 3.05) is 45.1 Å². The minimum Gasteiger partial charge on any atom is -0.410 e. The fraction of sp³-hybridized carbons (Fsp3) is 0.917. The molecule has 0 N–H and O–H groups in total. The fourth-order valence-electron chi connectivity index (χ4n) is 0.924. The zero-order valence-electron chi connectivity index (χ0n) is 12.6. The number of carbonyl (C=O) groups excluding carboxylic acids is 1. The first-order chi connectivity index (χ1) is 9.01. The van der Waals surface area contributed by atoms with E-state index in [2.05, 4.69) is 9.64 Å². The van der Waals surface area contributed by atoms with Crippen molar-refractivity contribution in [1.82, 2.24) is 4.90 Å². The van der Waals surface area contributed by atoms with Crippen molar-refractivity contribution in [3.05, 3.63) is 0 Å². The smallest absolute Gasteiger partial charge is 0.318 e. The highest BCUT2D eigenvalue weighted by Gasteiger charge is 2.09. The lowest BCUT2D eigenvalue weighted by Crippen LogP contribution is -2.23. The Morgan fingerprint density at radius 3 is 1.75 bits per heavy atom. The number of halogens is 3. The molecule has 0 atom stereocenters. The van der Waals surface area contributed by atoms with E-state index in [1.165, 1.54) is 6.92 Å². The van der Waals surface area contributed by atoms with Gasteiger partial charge in [0.2, 0.25) is 0 Å². The van der Waals surface area contributed by atoms with Crippen LogP contribution in [-0.2, 0) is 19.0 Å². The summed E-state index contributed by atoms with van der Waals surface area (Å²) in [6.07, 6.45) is 0. The second kappa shape index (κ2) is 19.2. The van der Waals surface area contributed by atoms with Crippen LogP contribution in [0.5, 0.6) is 0 Å². The Labute approximate surface area is 138 Å². The predicted octanol–water partition coefficient (Wildman–Crippen LogP) is 2.72. The summed E-state index contributed by atoms with van der Waals surface area (Å²) in [6, 6.07) is 0. The largest absolute Gasteiger partial charge is 0.410 e. The van der Waals surface area contributed by atoms with Gasteiger partial charge in [0.25, 0.3) is 0 Å². The highest BCUT2D eigenvalue weighted by molar-refractivity contribution is 6.18. The molecule has 8 heteroatoms. The summed E-state index contributed by atoms with van der Waals surface area (Å²) in [5, 5.41) is 0. The number of alkyl halides is 2. The Bertz CT molecular complexity index is 199. The molecule has 20 heavy (non-hydrogen) atoms. The second-order valence-corrected chi connectivity index (χ2v) is 4.25. The monoisotopic (exact) mass is 353 g/mol. The summed E-state index contributed by atoms with van der Waals surface area (Å²) in [7, 11) is 2.00. The average Bonchev–Trinajstić information content (AvgIpc) is 2.30. The SMILES string of the molecule is CCOC(OCC)OC(C)=O.CN(CCCl)CCCl.Cl. The molecule has 0 aromatic rings. The van der Waals surface area contributed by atoms with Gasteiger partial charge in [-0.15, -0.1) is 35.6 Å². The molecule has 0 bridgehead atoms. The molecule has 0 spiro atoms. The molecule has 0 aromatic carbocycles. The van der Waals surface area contributed by atoms with Crippen LogP contribution in [0.25, 0.3) is 0 Å². The molecule has 0 aliphatic carbocycles. The zero-order valence-corrected chi connectivity index (χ0v) is 14.9. The third kappa shape index (κ3) is 20.5. The van der Waals surface area contributed by atoms with E-state index in [9.17, 15) is 4.79 Å². The molecule has 0 unspecified atom stereocenters. The van der Waals surface area contributed by atoms with Gasteiger partial charge in [-0.1, -0.05) is 0 Å². The third-order valence-corrected chi connectivity index (χ3v) is 2.14. The van der Waals surface area contributed by atoms with Gasteiger partial charge in [0, 0.05) is 31.8 Å². The van der Waals surface area contributed by atoms with Crippen molar-refractivity contribution in [1.29, 1.82) is 0 Å². The van der Waals surface area contributed by atoms with E-state index in [1.54, 1.807) is 13.8 Å². The summed E-state index contributed by atoms with van der Waals surface area (Å²) in [4.78, 5) is 12.5. The van der Waals surface area contributed by atoms with Crippen LogP contribution in [0.3, 0.4) is 0 Å². The summed E-state index contributed by atoms with van der Waals surface area (Å²) in [5.74, 6) is 0.970. The first-order valence-electron chi connectivity index (χ1n) is 6.22. The normalized spacial score (nSPS) is 9.80. The zero-order chi connectivity index (χ0) is 15.1. The molecule has 5 nitrogen and oxygen atoms in total. The van der Waals surface area contributed by atoms with Gasteiger partial charge in [0.15, 0.2) is 0 Å². The van der Waals surface area contributed by atoms with Crippen molar-refractivity contribution in [3.8, 4) is 0 Å². The van der Waals surface area contributed by atoms with E-state index < -0.39 is 12.4 Å². The molecular formula is C12H26Cl3NO4. The lowest BCUT2D eigenvalue weighted by atomic mass is 10.6. The highest BCUT2D eigenvalue weighted by Crippen LogP contribution is 1.97. The topological polar surface area (TPSA) is 48.0 Å². The molecule has 0 heterocycles. The molecular weight excluding hydrogens is 328 g/mol. The number of ether oxygens (including phenoxy) is 3. The molecule has 0 radical (unpaired) electrons. The van der Waals surface area contributed by atoms with Gasteiger partial charge in [0.05, 0.1) is 13.2 Å². The van der Waals surface area contributed by atoms with Gasteiger partial charge in [0.1, 0.15) is 0 Å². The Hall–Kier alpha value is 0.220. The van der Waals surface area contributed by atoms with Gasteiger partial charge in [-0.3, -0.25) is 4.79 Å². The van der Waals surface area contributed by atoms with Crippen LogP contribution in [0, 0.1) is 0 Å². The summed E-state index contributed by atoms with van der Waals surface area (Å²) >= 11 is 10.9. The van der Waals surface area contributed by atoms with Crippen LogP contribution in [0.2, 0.25) is 0 Å². The number of nitrogens with zero attached hydrogens (tertiary/aromatic N) is 1. The molecule has 124 valence electrons. The van der Waals surface area contributed by atoms with Gasteiger partial charge >= 0.3 is 12.4 Å². The van der Waals surface area contributed by atoms with Crippen LogP contribution < -0.4 is 0 Å². The van der Waals surface area contributed by atoms with Crippen LogP contribution in [0.4, 0.5) is 0 Å². The standard InChI is InChI=1S/C7H14O4.C5H11Cl2N.ClH/c1-4-9-7(10-5-2)11-6(3)8;1-8(4-2-6)5-3-7;/h7H,4-5H2,1-3H3;2-5H2,1H3;1H. The van der Waals surface area contributed by atoms with Gasteiger partial charge in [-0.05, 0) is 20.9 Å². The maximum atomic E-state index is 10.4. The second-order valence-electron chi connectivity index (χ2n) is 3.49. The maximum Gasteiger partial charge on any atom is 0.318 e. The van der Waals surface area contributed by atoms with E-state index in [-0.39, 0.29) is 12.4 Å². The third-order valence-electron chi connectivity index (χ3n) is 1.80. The molecule has 0 saturated carbocycles. The average molecular weight is 355 g/mol. The molecule has 0 amide bonds. The molecule has 0 aliphatic rings. The van der Waals surface area contributed by atoms with E-state index in [4.69, 9.17) is 32.7 Å². The highest BCUT2D eigenvalue weighted by atomic mass is 35.5. The van der Waals surface area contributed by atoms with Crippen LogP contribution in [-0.4, -0.2) is 62.5 Å². The number of rotatable bonds is 9. The molecule has 0 aliphatic heterocycles. The summed E-state index contributed by atoms with van der Waals surface area (Å²) in [6.45, 7) is 6.83. The van der Waals surface area contributed by atoms with Gasteiger partial charge in [-0.25, -0.2) is 0 Å². The molecule has 0 aromatic heterocycles. The lowest BCUT2D eigenvalue weighted by Gasteiger charge is -2.15. The minimum absolute atomic E-state index is 0. The summed E-state index contributed by atoms with van der Waals surface area (Å²) in [5.41, 5.74) is 0. The summed E-state index contributed by atoms with van der Waals surface area (Å²) < 4.78 is 14.5. The van der Waals surface area contributed by atoms with E-state index >= 15 is 0 Å². The van der Waals surface area contributed by atoms with Crippen LogP contribution in [0.1, 0.15) is 20.8 Å². The van der Waals surface area contributed by atoms with Crippen molar-refractivity contribution >= 4 is 41.6 Å². The Balaban J connectivity index is -0.000000288. The van der Waals surface area contributed by atoms with Crippen molar-refractivity contribution < 1.29 is 19.0 Å². The predicted molar refractivity (Wildman–Crippen MR) is 85.0 cm³/mol. The number of hydrogen-bond donors (Lipinski definition) is 0. The first kappa shape index (κ1) is 25.2. The Morgan fingerprint density at radius 1 is 1.10 bits per heavy atom. The Kier molecular flexibility index (Phi) is 24.2. The minimum atomic E-state index is -0.845. The van der Waals surface area contributed by atoms with Gasteiger partial charge < -0.3 is 19.1 Å². The maximum absolute atomic E-state index is 10.4. The van der Waals surface area contributed by atoms with Crippen molar-refractivity contribution in [2.45, 2.75) is 27.2 Å². The Morgan fingerprint density at radius 2 is 1.50 bits per heavy atom. The first-order valence-corrected chi connectivity index (χ1v) is 7.29. The van der Waals surface area contributed by atoms with Gasteiger partial charge in [-0.2, -0.15) is 0 Å². The molecule has 0 saturated heterocycles. The number of carbonyl (C=O) groups is 1. The van der Waals surface area contributed by atoms with Crippen LogP contribution >= 0.6 is 35.6 Å². The van der Waals surface area contributed by atoms with E-state index in [1.807, 2.05) is 7.05 Å². The fourth-order valence-corrected chi connectivity index (χ4v) is 1.50. The van der Waals surface area contributed by atoms with E-state index in [0.717, 1.165) is 13.1 Å². The molecule has 0 rings (SSSR count).